The molecule has 0 aromatic carbocycles. The fourth-order valence-electron chi connectivity index (χ4n) is 7.09. The van der Waals surface area contributed by atoms with Gasteiger partial charge in [-0.2, -0.15) is 13.2 Å². The number of alkyl halides is 3. The molecule has 22 heteroatoms. The first-order valence-corrected chi connectivity index (χ1v) is 19.4. The van der Waals surface area contributed by atoms with E-state index in [0.29, 0.717) is 6.42 Å². The second-order valence-corrected chi connectivity index (χ2v) is 18.8. The molecule has 8 N–H and O–H groups in total. The fourth-order valence-corrected chi connectivity index (χ4v) is 7.09. The summed E-state index contributed by atoms with van der Waals surface area (Å²) in [6.07, 6.45) is -18.6. The van der Waals surface area contributed by atoms with Crippen LogP contribution >= 0.6 is 0 Å². The van der Waals surface area contributed by atoms with E-state index in [9.17, 15) is 47.7 Å². The lowest BCUT2D eigenvalue weighted by Crippen LogP contribution is -2.73. The van der Waals surface area contributed by atoms with E-state index in [-0.39, 0.29) is 24.3 Å². The van der Waals surface area contributed by atoms with Crippen LogP contribution in [0.4, 0.5) is 27.6 Å². The fraction of sp³-hybridized carbons (Fsp3) is 0.892. The first-order valence-electron chi connectivity index (χ1n) is 19.4. The summed E-state index contributed by atoms with van der Waals surface area (Å²) in [5.74, 6) is -2.35. The second-order valence-electron chi connectivity index (χ2n) is 18.8. The average Bonchev–Trinajstić information content (AvgIpc) is 3.01. The van der Waals surface area contributed by atoms with Gasteiger partial charge >= 0.3 is 30.4 Å². The molecule has 0 radical (unpaired) electrons. The van der Waals surface area contributed by atoms with E-state index in [1.54, 1.807) is 62.3 Å². The van der Waals surface area contributed by atoms with E-state index in [2.05, 4.69) is 16.0 Å². The summed E-state index contributed by atoms with van der Waals surface area (Å²) in [6, 6.07) is -4.01. The van der Waals surface area contributed by atoms with Gasteiger partial charge in [0.25, 0.3) is 0 Å². The predicted molar refractivity (Wildman–Crippen MR) is 200 cm³/mol. The molecule has 0 aromatic rings. The van der Waals surface area contributed by atoms with Gasteiger partial charge < -0.3 is 75.1 Å². The molecule has 1 saturated carbocycles. The lowest BCUT2D eigenvalue weighted by Gasteiger charge is -2.53. The summed E-state index contributed by atoms with van der Waals surface area (Å²) >= 11 is 0. The summed E-state index contributed by atoms with van der Waals surface area (Å²) in [6.45, 7) is 16.7. The molecule has 1 aliphatic carbocycles. The normalized spacial score (nSPS) is 34.6. The molecule has 3 fully saturated rings. The molecule has 59 heavy (non-hydrogen) atoms. The highest BCUT2D eigenvalue weighted by atomic mass is 19.4. The van der Waals surface area contributed by atoms with Crippen molar-refractivity contribution >= 4 is 24.2 Å². The van der Waals surface area contributed by atoms with E-state index in [4.69, 9.17) is 38.9 Å². The van der Waals surface area contributed by atoms with Crippen molar-refractivity contribution in [3.8, 4) is 0 Å². The lowest BCUT2D eigenvalue weighted by atomic mass is 9.75. The van der Waals surface area contributed by atoms with Gasteiger partial charge in [-0.15, -0.1) is 0 Å². The monoisotopic (exact) mass is 859 g/mol. The molecular weight excluding hydrogens is 795 g/mol. The van der Waals surface area contributed by atoms with Crippen molar-refractivity contribution in [2.45, 2.75) is 191 Å². The summed E-state index contributed by atoms with van der Waals surface area (Å²) in [4.78, 5) is 51.0. The molecule has 2 heterocycles. The Bertz CT molecular complexity index is 1480. The van der Waals surface area contributed by atoms with Gasteiger partial charge in [0, 0.05) is 19.1 Å². The highest BCUT2D eigenvalue weighted by Gasteiger charge is 2.58. The minimum atomic E-state index is -5.35. The van der Waals surface area contributed by atoms with Gasteiger partial charge in [-0.3, -0.25) is 4.79 Å². The number of amides is 4. The Balaban J connectivity index is 2.00. The van der Waals surface area contributed by atoms with Crippen LogP contribution in [0.2, 0.25) is 0 Å². The maximum absolute atomic E-state index is 13.5. The van der Waals surface area contributed by atoms with Gasteiger partial charge in [0.2, 0.25) is 0 Å². The largest absolute Gasteiger partial charge is 0.471 e. The van der Waals surface area contributed by atoms with Crippen LogP contribution in [0, 0.1) is 0 Å². The number of aliphatic hydroxyl groups is 3. The van der Waals surface area contributed by atoms with Crippen LogP contribution in [0.5, 0.6) is 0 Å². The third-order valence-electron chi connectivity index (χ3n) is 9.42. The minimum absolute atomic E-state index is 0.0551. The van der Waals surface area contributed by atoms with Crippen LogP contribution in [0.1, 0.15) is 95.4 Å². The standard InChI is InChI=1S/C37H64F3N5O14/c1-32(2,3)57-29(49)42-16-18-13-14-19(43-30(50)58-33(4,5)6)26(54-18)55-23-20(44-31(51)59-34(7,8)9)15-35(10,41)25(21(23)46)56-27-22(47)24(36(11,52)17-53-27)45(12)28(48)37(38,39)40/h18-27,46-47,52H,13-17,41H2,1-12H3,(H,42,49)(H,43,50)(H,44,51)/t18?,19?,20?,21-,22?,23+,24?,25?,26+,27+,35+,36-/m0/s1. The van der Waals surface area contributed by atoms with Crippen LogP contribution < -0.4 is 21.7 Å². The summed E-state index contributed by atoms with van der Waals surface area (Å²) in [5.41, 5.74) is 0.270. The summed E-state index contributed by atoms with van der Waals surface area (Å²) in [5, 5.41) is 42.4. The van der Waals surface area contributed by atoms with Crippen LogP contribution in [0.15, 0.2) is 0 Å². The van der Waals surface area contributed by atoms with Crippen molar-refractivity contribution in [3.63, 3.8) is 0 Å². The Hall–Kier alpha value is -3.25. The summed E-state index contributed by atoms with van der Waals surface area (Å²) < 4.78 is 80.9. The molecule has 19 nitrogen and oxygen atoms in total. The minimum Gasteiger partial charge on any atom is -0.444 e. The maximum atomic E-state index is 13.5. The average molecular weight is 860 g/mol. The van der Waals surface area contributed by atoms with Gasteiger partial charge in [-0.25, -0.2) is 14.4 Å². The number of likely N-dealkylation sites (N-methyl/N-ethyl adjacent to an activating group) is 1. The number of rotatable bonds is 9. The van der Waals surface area contributed by atoms with Crippen molar-refractivity contribution in [1.29, 1.82) is 0 Å². The number of carbonyl (C=O) groups excluding carboxylic acids is 4. The van der Waals surface area contributed by atoms with Crippen LogP contribution in [0.25, 0.3) is 0 Å². The number of alkyl carbamates (subject to hydrolysis) is 3. The number of halogens is 3. The van der Waals surface area contributed by atoms with Crippen molar-refractivity contribution in [3.05, 3.63) is 0 Å². The first kappa shape index (κ1) is 50.1. The number of ether oxygens (including phenoxy) is 7. The number of nitrogens with one attached hydrogen (secondary N) is 3. The van der Waals surface area contributed by atoms with Crippen molar-refractivity contribution in [1.82, 2.24) is 20.9 Å². The van der Waals surface area contributed by atoms with Gasteiger partial charge in [-0.05, 0) is 95.4 Å². The van der Waals surface area contributed by atoms with Crippen LogP contribution in [-0.4, -0.2) is 160 Å². The number of nitrogens with two attached hydrogens (primary N) is 1. The third kappa shape index (κ3) is 14.4. The molecule has 0 spiro atoms. The Morgan fingerprint density at radius 3 is 1.81 bits per heavy atom. The lowest BCUT2D eigenvalue weighted by molar-refractivity contribution is -0.320. The van der Waals surface area contributed by atoms with Crippen molar-refractivity contribution in [2.75, 3.05) is 20.2 Å². The molecule has 3 aliphatic rings. The molecular formula is C37H64F3N5O14. The topological polar surface area (TPSA) is 259 Å². The molecule has 0 bridgehead atoms. The summed E-state index contributed by atoms with van der Waals surface area (Å²) in [7, 11) is 0.752. The Kier molecular flexibility index (Phi) is 15.6. The highest BCUT2D eigenvalue weighted by molar-refractivity contribution is 5.82. The molecule has 12 atom stereocenters. The van der Waals surface area contributed by atoms with Crippen molar-refractivity contribution < 1.29 is 80.8 Å². The van der Waals surface area contributed by atoms with Crippen LogP contribution in [-0.2, 0) is 38.0 Å². The van der Waals surface area contributed by atoms with E-state index < -0.39 is 126 Å². The van der Waals surface area contributed by atoms with E-state index >= 15 is 0 Å². The molecule has 4 amide bonds. The SMILES string of the molecule is CN(C(=O)C(F)(F)F)C1C(O)[C@@H](OC2[C@@H](O)[C@H](O[C@H]3OC(CNC(=O)OC(C)(C)C)CCC3NC(=O)OC(C)(C)C)C(NC(=O)OC(C)(C)C)C[C@@]2(C)N)OC[C@]1(C)O. The molecule has 6 unspecified atom stereocenters. The van der Waals surface area contributed by atoms with Gasteiger partial charge in [0.05, 0.1) is 30.8 Å². The zero-order valence-electron chi connectivity index (χ0n) is 35.8. The highest BCUT2D eigenvalue weighted by Crippen LogP contribution is 2.38. The number of aliphatic hydroxyl groups excluding tert-OH is 2. The zero-order valence-corrected chi connectivity index (χ0v) is 35.8. The van der Waals surface area contributed by atoms with E-state index in [1.807, 2.05) is 0 Å². The van der Waals surface area contributed by atoms with E-state index in [1.165, 1.54) is 6.92 Å². The van der Waals surface area contributed by atoms with Gasteiger partial charge in [-0.1, -0.05) is 0 Å². The van der Waals surface area contributed by atoms with Gasteiger partial charge in [0.1, 0.15) is 46.8 Å². The zero-order chi connectivity index (χ0) is 45.3. The quantitative estimate of drug-likeness (QED) is 0.164. The first-order chi connectivity index (χ1) is 26.6. The Morgan fingerprint density at radius 2 is 1.31 bits per heavy atom. The molecule has 0 aromatic heterocycles. The predicted octanol–water partition coefficient (Wildman–Crippen LogP) is 1.91. The van der Waals surface area contributed by atoms with E-state index in [0.717, 1.165) is 14.0 Å². The smallest absolute Gasteiger partial charge is 0.444 e. The molecule has 2 saturated heterocycles. The maximum Gasteiger partial charge on any atom is 0.471 e. The molecule has 3 rings (SSSR count). The van der Waals surface area contributed by atoms with Crippen LogP contribution in [0.3, 0.4) is 0 Å². The Labute approximate surface area is 342 Å². The third-order valence-corrected chi connectivity index (χ3v) is 9.42. The number of carbonyl (C=O) groups is 4. The number of hydrogen-bond acceptors (Lipinski definition) is 15. The number of hydrogen-bond donors (Lipinski definition) is 7. The second kappa shape index (κ2) is 18.4. The molecule has 342 valence electrons. The number of nitrogens with zero attached hydrogens (tertiary/aromatic N) is 1. The Morgan fingerprint density at radius 1 is 0.797 bits per heavy atom. The van der Waals surface area contributed by atoms with Gasteiger partial charge in [0.15, 0.2) is 12.6 Å². The molecule has 2 aliphatic heterocycles. The van der Waals surface area contributed by atoms with Crippen molar-refractivity contribution in [2.24, 2.45) is 5.73 Å².